The second-order valence-corrected chi connectivity index (χ2v) is 20.1. The molecule has 0 saturated carbocycles. The molecule has 0 bridgehead atoms. The van der Waals surface area contributed by atoms with Crippen LogP contribution in [-0.2, 0) is 14.3 Å². The van der Waals surface area contributed by atoms with Crippen LogP contribution >= 0.6 is 0 Å². The summed E-state index contributed by atoms with van der Waals surface area (Å²) in [4.78, 5) is 13.0. The molecule has 1 fully saturated rings. The van der Waals surface area contributed by atoms with Gasteiger partial charge in [-0.1, -0.05) is 268 Å². The lowest BCUT2D eigenvalue weighted by molar-refractivity contribution is -0.302. The fraction of sp³-hybridized carbons (Fsp3) is 0.847. The van der Waals surface area contributed by atoms with E-state index in [1.807, 2.05) is 12.2 Å². The minimum atomic E-state index is -1.57. The van der Waals surface area contributed by atoms with Crippen molar-refractivity contribution in [3.05, 3.63) is 48.6 Å². The zero-order valence-corrected chi connectivity index (χ0v) is 44.1. The van der Waals surface area contributed by atoms with E-state index in [1.165, 1.54) is 186 Å². The van der Waals surface area contributed by atoms with E-state index in [-0.39, 0.29) is 18.9 Å². The van der Waals surface area contributed by atoms with Gasteiger partial charge in [-0.3, -0.25) is 4.79 Å². The van der Waals surface area contributed by atoms with Crippen LogP contribution in [0.15, 0.2) is 48.6 Å². The third kappa shape index (κ3) is 37.9. The molecular formula is C59H109NO8. The molecule has 1 saturated heterocycles. The monoisotopic (exact) mass is 960 g/mol. The minimum Gasteiger partial charge on any atom is -0.394 e. The number of aliphatic hydroxyl groups is 5. The van der Waals surface area contributed by atoms with Crippen molar-refractivity contribution in [1.29, 1.82) is 0 Å². The summed E-state index contributed by atoms with van der Waals surface area (Å²) >= 11 is 0. The van der Waals surface area contributed by atoms with Gasteiger partial charge in [-0.25, -0.2) is 0 Å². The number of ether oxygens (including phenoxy) is 2. The summed E-state index contributed by atoms with van der Waals surface area (Å²) in [5.74, 6) is -0.222. The molecular weight excluding hydrogens is 851 g/mol. The van der Waals surface area contributed by atoms with Gasteiger partial charge in [0.2, 0.25) is 5.91 Å². The van der Waals surface area contributed by atoms with E-state index in [4.69, 9.17) is 9.47 Å². The van der Waals surface area contributed by atoms with Gasteiger partial charge in [0.1, 0.15) is 24.4 Å². The van der Waals surface area contributed by atoms with Crippen LogP contribution in [0.2, 0.25) is 0 Å². The highest BCUT2D eigenvalue weighted by Gasteiger charge is 2.44. The number of allylic oxidation sites excluding steroid dienone is 8. The Morgan fingerprint density at radius 1 is 0.515 bits per heavy atom. The standard InChI is InChI=1S/C59H109NO8/c1-3-5-7-9-11-13-15-17-18-19-20-21-22-23-24-25-26-27-28-29-30-31-32-33-34-35-37-38-40-42-44-46-48-53(62)52(51-67-59-58(66)57(65)56(64)54(50-61)68-59)60-55(63)49-47-45-43-41-39-36-16-14-12-10-8-6-4-2/h6,8,12,14,36,39,43,45,52-54,56-59,61-62,64-66H,3-5,7,9-11,13,15-35,37-38,40-42,44,46-51H2,1-2H3,(H,60,63)/b8-6-,14-12-,39-36-,45-43-. The van der Waals surface area contributed by atoms with Gasteiger partial charge >= 0.3 is 0 Å². The van der Waals surface area contributed by atoms with Crippen molar-refractivity contribution in [3.63, 3.8) is 0 Å². The average Bonchev–Trinajstić information content (AvgIpc) is 3.34. The summed E-state index contributed by atoms with van der Waals surface area (Å²) in [6, 6.07) is -0.759. The lowest BCUT2D eigenvalue weighted by Gasteiger charge is -2.40. The second-order valence-electron chi connectivity index (χ2n) is 20.1. The highest BCUT2D eigenvalue weighted by molar-refractivity contribution is 5.76. The zero-order valence-electron chi connectivity index (χ0n) is 44.1. The Bertz CT molecular complexity index is 1210. The molecule has 7 atom stereocenters. The van der Waals surface area contributed by atoms with Crippen LogP contribution < -0.4 is 5.32 Å². The van der Waals surface area contributed by atoms with Gasteiger partial charge in [-0.15, -0.1) is 0 Å². The van der Waals surface area contributed by atoms with E-state index in [0.29, 0.717) is 12.8 Å². The second kappa shape index (κ2) is 48.8. The Labute approximate surface area is 418 Å². The third-order valence-corrected chi connectivity index (χ3v) is 13.7. The first kappa shape index (κ1) is 64.2. The molecule has 1 amide bonds. The van der Waals surface area contributed by atoms with Crippen LogP contribution in [0.25, 0.3) is 0 Å². The van der Waals surface area contributed by atoms with Gasteiger partial charge in [0.25, 0.3) is 0 Å². The Balaban J connectivity index is 2.13. The first-order valence-electron chi connectivity index (χ1n) is 28.8. The van der Waals surface area contributed by atoms with Gasteiger partial charge < -0.3 is 40.3 Å². The van der Waals surface area contributed by atoms with E-state index in [9.17, 15) is 30.3 Å². The van der Waals surface area contributed by atoms with Crippen molar-refractivity contribution in [2.45, 2.75) is 307 Å². The molecule has 398 valence electrons. The molecule has 0 spiro atoms. The SMILES string of the molecule is CC/C=C\C/C=C\C/C=C\C/C=C\CCC(=O)NC(COC1OC(CO)C(O)C(O)C1O)C(O)CCCCCCCCCCCCCCCCCCCCCCCCCCCCCCCCCC. The summed E-state index contributed by atoms with van der Waals surface area (Å²) in [7, 11) is 0. The molecule has 1 heterocycles. The van der Waals surface area contributed by atoms with Crippen molar-refractivity contribution < 1.29 is 39.8 Å². The quantitative estimate of drug-likeness (QED) is 0.0261. The number of aliphatic hydroxyl groups excluding tert-OH is 5. The highest BCUT2D eigenvalue weighted by atomic mass is 16.7. The van der Waals surface area contributed by atoms with Gasteiger partial charge in [0.15, 0.2) is 6.29 Å². The van der Waals surface area contributed by atoms with Crippen molar-refractivity contribution in [1.82, 2.24) is 5.32 Å². The van der Waals surface area contributed by atoms with Crippen molar-refractivity contribution in [2.24, 2.45) is 0 Å². The van der Waals surface area contributed by atoms with Gasteiger partial charge in [0.05, 0.1) is 25.4 Å². The first-order valence-corrected chi connectivity index (χ1v) is 28.8. The Kier molecular flexibility index (Phi) is 46.0. The van der Waals surface area contributed by atoms with Crippen LogP contribution in [-0.4, -0.2) is 87.5 Å². The molecule has 1 aliphatic rings. The van der Waals surface area contributed by atoms with Crippen LogP contribution in [0.5, 0.6) is 0 Å². The maximum absolute atomic E-state index is 13.0. The molecule has 9 nitrogen and oxygen atoms in total. The molecule has 0 aromatic carbocycles. The van der Waals surface area contributed by atoms with Gasteiger partial charge in [-0.05, 0) is 38.5 Å². The average molecular weight is 961 g/mol. The summed E-state index contributed by atoms with van der Waals surface area (Å²) in [6.07, 6.45) is 57.6. The van der Waals surface area contributed by atoms with E-state index >= 15 is 0 Å². The fourth-order valence-corrected chi connectivity index (χ4v) is 9.17. The normalized spacial score (nSPS) is 19.9. The molecule has 0 aromatic rings. The number of unbranched alkanes of at least 4 members (excludes halogenated alkanes) is 31. The third-order valence-electron chi connectivity index (χ3n) is 13.7. The van der Waals surface area contributed by atoms with Gasteiger partial charge in [-0.2, -0.15) is 0 Å². The van der Waals surface area contributed by atoms with Crippen molar-refractivity contribution >= 4 is 5.91 Å². The molecule has 1 aliphatic heterocycles. The predicted octanol–water partition coefficient (Wildman–Crippen LogP) is 14.1. The Morgan fingerprint density at radius 2 is 0.882 bits per heavy atom. The highest BCUT2D eigenvalue weighted by Crippen LogP contribution is 2.23. The van der Waals surface area contributed by atoms with E-state index < -0.39 is 49.5 Å². The summed E-state index contributed by atoms with van der Waals surface area (Å²) in [5.41, 5.74) is 0. The maximum Gasteiger partial charge on any atom is 0.220 e. The largest absolute Gasteiger partial charge is 0.394 e. The zero-order chi connectivity index (χ0) is 49.4. The van der Waals surface area contributed by atoms with E-state index in [0.717, 1.165) is 44.9 Å². The minimum absolute atomic E-state index is 0.167. The molecule has 0 aliphatic carbocycles. The Hall–Kier alpha value is -1.85. The molecule has 0 aromatic heterocycles. The number of nitrogens with one attached hydrogen (secondary N) is 1. The number of carbonyl (C=O) groups excluding carboxylic acids is 1. The first-order chi connectivity index (χ1) is 33.3. The van der Waals surface area contributed by atoms with Crippen molar-refractivity contribution in [3.8, 4) is 0 Å². The topological polar surface area (TPSA) is 149 Å². The molecule has 1 rings (SSSR count). The fourth-order valence-electron chi connectivity index (χ4n) is 9.17. The van der Waals surface area contributed by atoms with Crippen LogP contribution in [0.3, 0.4) is 0 Å². The molecule has 9 heteroatoms. The Morgan fingerprint density at radius 3 is 1.26 bits per heavy atom. The molecule has 68 heavy (non-hydrogen) atoms. The van der Waals surface area contributed by atoms with E-state index in [1.54, 1.807) is 0 Å². The molecule has 7 unspecified atom stereocenters. The summed E-state index contributed by atoms with van der Waals surface area (Å²) < 4.78 is 11.3. The lowest BCUT2D eigenvalue weighted by Crippen LogP contribution is -2.60. The lowest BCUT2D eigenvalue weighted by atomic mass is 9.99. The van der Waals surface area contributed by atoms with Crippen LogP contribution in [0, 0.1) is 0 Å². The number of rotatable bonds is 49. The molecule has 6 N–H and O–H groups in total. The predicted molar refractivity (Wildman–Crippen MR) is 286 cm³/mol. The number of amides is 1. The number of hydrogen-bond donors (Lipinski definition) is 6. The van der Waals surface area contributed by atoms with Crippen molar-refractivity contribution in [2.75, 3.05) is 13.2 Å². The van der Waals surface area contributed by atoms with Gasteiger partial charge in [0, 0.05) is 6.42 Å². The maximum atomic E-state index is 13.0. The summed E-state index contributed by atoms with van der Waals surface area (Å²) in [6.45, 7) is 3.69. The number of hydrogen-bond acceptors (Lipinski definition) is 8. The molecule has 0 radical (unpaired) electrons. The van der Waals surface area contributed by atoms with Crippen LogP contribution in [0.4, 0.5) is 0 Å². The summed E-state index contributed by atoms with van der Waals surface area (Å²) in [5, 5.41) is 54.5. The van der Waals surface area contributed by atoms with E-state index in [2.05, 4.69) is 55.6 Å². The smallest absolute Gasteiger partial charge is 0.220 e. The van der Waals surface area contributed by atoms with Crippen LogP contribution in [0.1, 0.15) is 264 Å². The number of carbonyl (C=O) groups is 1.